The van der Waals surface area contributed by atoms with Crippen LogP contribution in [0.4, 0.5) is 0 Å². The Morgan fingerprint density at radius 3 is 2.07 bits per heavy atom. The van der Waals surface area contributed by atoms with Crippen LogP contribution in [-0.2, 0) is 9.59 Å². The summed E-state index contributed by atoms with van der Waals surface area (Å²) in [6, 6.07) is -0.722. The number of hydrogen-bond donors (Lipinski definition) is 3. The third-order valence-electron chi connectivity index (χ3n) is 1.88. The van der Waals surface area contributed by atoms with Crippen molar-refractivity contribution in [2.75, 3.05) is 13.6 Å². The molecular weight excluding hydrogens is 182 g/mol. The summed E-state index contributed by atoms with van der Waals surface area (Å²) in [7, 11) is 1.57. The van der Waals surface area contributed by atoms with Crippen LogP contribution >= 0.6 is 0 Å². The van der Waals surface area contributed by atoms with Crippen LogP contribution in [0.25, 0.3) is 0 Å². The maximum Gasteiger partial charge on any atom is 0.236 e. The Hall–Kier alpha value is -1.10. The van der Waals surface area contributed by atoms with E-state index in [9.17, 15) is 9.59 Å². The van der Waals surface area contributed by atoms with E-state index in [2.05, 4.69) is 16.0 Å². The van der Waals surface area contributed by atoms with Crippen molar-refractivity contribution >= 4 is 11.8 Å². The molecule has 2 atom stereocenters. The Morgan fingerprint density at radius 2 is 1.64 bits per heavy atom. The van der Waals surface area contributed by atoms with Gasteiger partial charge in [-0.2, -0.15) is 0 Å². The zero-order valence-electron chi connectivity index (χ0n) is 9.18. The Bertz CT molecular complexity index is 206. The molecule has 0 aliphatic carbocycles. The van der Waals surface area contributed by atoms with E-state index in [1.807, 2.05) is 6.92 Å². The number of carbonyl (C=O) groups is 2. The molecule has 0 aliphatic heterocycles. The van der Waals surface area contributed by atoms with Crippen molar-refractivity contribution in [3.63, 3.8) is 0 Å². The molecule has 0 bridgehead atoms. The second-order valence-corrected chi connectivity index (χ2v) is 3.12. The van der Waals surface area contributed by atoms with Gasteiger partial charge in [-0.1, -0.05) is 0 Å². The van der Waals surface area contributed by atoms with Crippen molar-refractivity contribution in [2.45, 2.75) is 32.9 Å². The van der Waals surface area contributed by atoms with Gasteiger partial charge in [0.05, 0.1) is 12.1 Å². The molecule has 0 aromatic carbocycles. The lowest BCUT2D eigenvalue weighted by Gasteiger charge is -2.17. The fraction of sp³-hybridized carbons (Fsp3) is 0.778. The molecule has 14 heavy (non-hydrogen) atoms. The molecule has 0 heterocycles. The van der Waals surface area contributed by atoms with Crippen LogP contribution in [0.3, 0.4) is 0 Å². The van der Waals surface area contributed by atoms with E-state index in [-0.39, 0.29) is 23.9 Å². The van der Waals surface area contributed by atoms with Crippen molar-refractivity contribution in [1.29, 1.82) is 0 Å². The second kappa shape index (κ2) is 6.37. The van der Waals surface area contributed by atoms with Gasteiger partial charge < -0.3 is 10.6 Å². The lowest BCUT2D eigenvalue weighted by Crippen LogP contribution is -2.50. The van der Waals surface area contributed by atoms with Gasteiger partial charge in [-0.05, 0) is 20.8 Å². The molecule has 82 valence electrons. The van der Waals surface area contributed by atoms with Gasteiger partial charge in [0.15, 0.2) is 0 Å². The number of nitrogens with one attached hydrogen (secondary N) is 3. The minimum absolute atomic E-state index is 0.0942. The third-order valence-corrected chi connectivity index (χ3v) is 1.88. The molecule has 5 heteroatoms. The summed E-state index contributed by atoms with van der Waals surface area (Å²) in [5.74, 6) is -0.218. The highest BCUT2D eigenvalue weighted by atomic mass is 16.2. The molecule has 0 aromatic rings. The SMILES string of the molecule is CCNC(=O)C(C)NC(C)C(=O)NC. The minimum Gasteiger partial charge on any atom is -0.358 e. The second-order valence-electron chi connectivity index (χ2n) is 3.12. The molecule has 0 saturated carbocycles. The van der Waals surface area contributed by atoms with E-state index >= 15 is 0 Å². The molecule has 0 fully saturated rings. The van der Waals surface area contributed by atoms with Gasteiger partial charge in [-0.3, -0.25) is 14.9 Å². The van der Waals surface area contributed by atoms with E-state index in [0.717, 1.165) is 0 Å². The largest absolute Gasteiger partial charge is 0.358 e. The van der Waals surface area contributed by atoms with Crippen LogP contribution in [0.5, 0.6) is 0 Å². The van der Waals surface area contributed by atoms with Crippen molar-refractivity contribution < 1.29 is 9.59 Å². The molecular formula is C9H19N3O2. The maximum atomic E-state index is 11.3. The lowest BCUT2D eigenvalue weighted by molar-refractivity contribution is -0.124. The minimum atomic E-state index is -0.363. The van der Waals surface area contributed by atoms with Crippen LogP contribution in [0, 0.1) is 0 Å². The summed E-state index contributed by atoms with van der Waals surface area (Å²) in [5.41, 5.74) is 0. The first-order valence-corrected chi connectivity index (χ1v) is 4.78. The lowest BCUT2D eigenvalue weighted by atomic mass is 10.2. The molecule has 0 spiro atoms. The number of amides is 2. The molecule has 0 aromatic heterocycles. The summed E-state index contributed by atoms with van der Waals surface area (Å²) >= 11 is 0. The molecule has 5 nitrogen and oxygen atoms in total. The Kier molecular flexibility index (Phi) is 5.87. The van der Waals surface area contributed by atoms with Crippen molar-refractivity contribution in [3.05, 3.63) is 0 Å². The van der Waals surface area contributed by atoms with Gasteiger partial charge in [0.2, 0.25) is 11.8 Å². The molecule has 0 saturated heterocycles. The number of rotatable bonds is 5. The van der Waals surface area contributed by atoms with Crippen LogP contribution in [0.2, 0.25) is 0 Å². The molecule has 0 radical (unpaired) electrons. The van der Waals surface area contributed by atoms with Crippen LogP contribution in [0.15, 0.2) is 0 Å². The summed E-state index contributed by atoms with van der Waals surface area (Å²) in [4.78, 5) is 22.4. The van der Waals surface area contributed by atoms with Gasteiger partial charge in [-0.15, -0.1) is 0 Å². The smallest absolute Gasteiger partial charge is 0.236 e. The third kappa shape index (κ3) is 4.23. The standard InChI is InChI=1S/C9H19N3O2/c1-5-11-9(14)7(3)12-6(2)8(13)10-4/h6-7,12H,5H2,1-4H3,(H,10,13)(H,11,14). The molecule has 0 aliphatic rings. The topological polar surface area (TPSA) is 70.2 Å². The van der Waals surface area contributed by atoms with Crippen molar-refractivity contribution in [3.8, 4) is 0 Å². The first kappa shape index (κ1) is 12.9. The predicted molar refractivity (Wildman–Crippen MR) is 54.8 cm³/mol. The van der Waals surface area contributed by atoms with Crippen LogP contribution in [0.1, 0.15) is 20.8 Å². The summed E-state index contributed by atoms with van der Waals surface area (Å²) in [5, 5.41) is 8.07. The highest BCUT2D eigenvalue weighted by Gasteiger charge is 2.17. The Morgan fingerprint density at radius 1 is 1.14 bits per heavy atom. The average Bonchev–Trinajstić information content (AvgIpc) is 2.16. The number of carbonyl (C=O) groups excluding carboxylic acids is 2. The highest BCUT2D eigenvalue weighted by molar-refractivity contribution is 5.84. The molecule has 0 rings (SSSR count). The van der Waals surface area contributed by atoms with E-state index in [0.29, 0.717) is 6.54 Å². The van der Waals surface area contributed by atoms with Crippen LogP contribution in [-0.4, -0.2) is 37.5 Å². The quantitative estimate of drug-likeness (QED) is 0.547. The first-order chi connectivity index (χ1) is 6.52. The van der Waals surface area contributed by atoms with Gasteiger partial charge in [-0.25, -0.2) is 0 Å². The summed E-state index contributed by atoms with van der Waals surface area (Å²) < 4.78 is 0. The van der Waals surface area contributed by atoms with Gasteiger partial charge in [0, 0.05) is 13.6 Å². The Balaban J connectivity index is 3.98. The highest BCUT2D eigenvalue weighted by Crippen LogP contribution is 1.87. The van der Waals surface area contributed by atoms with E-state index in [1.165, 1.54) is 0 Å². The molecule has 3 N–H and O–H groups in total. The van der Waals surface area contributed by atoms with Crippen LogP contribution < -0.4 is 16.0 Å². The first-order valence-electron chi connectivity index (χ1n) is 4.78. The molecule has 2 unspecified atom stereocenters. The Labute approximate surface area is 84.6 Å². The summed E-state index contributed by atoms with van der Waals surface area (Å²) in [6.45, 7) is 5.89. The number of likely N-dealkylation sites (N-methyl/N-ethyl adjacent to an activating group) is 2. The van der Waals surface area contributed by atoms with Crippen molar-refractivity contribution in [1.82, 2.24) is 16.0 Å². The zero-order valence-corrected chi connectivity index (χ0v) is 9.18. The molecule has 2 amide bonds. The average molecular weight is 201 g/mol. The maximum absolute atomic E-state index is 11.3. The predicted octanol–water partition coefficient (Wildman–Crippen LogP) is -0.765. The van der Waals surface area contributed by atoms with Gasteiger partial charge in [0.25, 0.3) is 0 Å². The summed E-state index contributed by atoms with van der Waals surface area (Å²) in [6.07, 6.45) is 0. The van der Waals surface area contributed by atoms with E-state index in [4.69, 9.17) is 0 Å². The van der Waals surface area contributed by atoms with E-state index in [1.54, 1.807) is 20.9 Å². The van der Waals surface area contributed by atoms with Gasteiger partial charge in [0.1, 0.15) is 0 Å². The monoisotopic (exact) mass is 201 g/mol. The van der Waals surface area contributed by atoms with Gasteiger partial charge >= 0.3 is 0 Å². The normalized spacial score (nSPS) is 14.3. The van der Waals surface area contributed by atoms with Crippen molar-refractivity contribution in [2.24, 2.45) is 0 Å². The zero-order chi connectivity index (χ0) is 11.1. The fourth-order valence-corrected chi connectivity index (χ4v) is 1.07. The van der Waals surface area contributed by atoms with E-state index < -0.39 is 0 Å². The number of hydrogen-bond acceptors (Lipinski definition) is 3. The fourth-order valence-electron chi connectivity index (χ4n) is 1.07.